The molecule has 1 aliphatic carbocycles. The van der Waals surface area contributed by atoms with Crippen LogP contribution in [0.25, 0.3) is 0 Å². The second-order valence-corrected chi connectivity index (χ2v) is 4.88. The van der Waals surface area contributed by atoms with Crippen molar-refractivity contribution < 1.29 is 5.11 Å². The van der Waals surface area contributed by atoms with Crippen molar-refractivity contribution in [1.29, 1.82) is 0 Å². The van der Waals surface area contributed by atoms with Gasteiger partial charge in [0.1, 0.15) is 0 Å². The molecule has 2 rings (SSSR count). The zero-order chi connectivity index (χ0) is 10.5. The third kappa shape index (κ3) is 3.05. The van der Waals surface area contributed by atoms with E-state index in [0.29, 0.717) is 6.04 Å². The molecule has 15 heavy (non-hydrogen) atoms. The Kier molecular flexibility index (Phi) is 4.21. The highest BCUT2D eigenvalue weighted by atomic mass is 16.3. The number of hydrogen-bond donors (Lipinski definition) is 2. The van der Waals surface area contributed by atoms with E-state index in [1.54, 1.807) is 0 Å². The van der Waals surface area contributed by atoms with Gasteiger partial charge in [-0.3, -0.25) is 0 Å². The highest BCUT2D eigenvalue weighted by Crippen LogP contribution is 2.23. The van der Waals surface area contributed by atoms with Gasteiger partial charge in [-0.15, -0.1) is 0 Å². The maximum Gasteiger partial charge on any atom is 0.0903 e. The third-order valence-electron chi connectivity index (χ3n) is 3.69. The van der Waals surface area contributed by atoms with Gasteiger partial charge in [-0.05, 0) is 50.6 Å². The van der Waals surface area contributed by atoms with E-state index in [-0.39, 0.29) is 6.10 Å². The Labute approximate surface area is 92.8 Å². The van der Waals surface area contributed by atoms with Crippen LogP contribution >= 0.6 is 0 Å². The summed E-state index contributed by atoms with van der Waals surface area (Å²) in [4.78, 5) is 0. The van der Waals surface area contributed by atoms with E-state index in [1.807, 2.05) is 0 Å². The molecule has 86 valence electrons. The Balaban J connectivity index is 1.93. The Morgan fingerprint density at radius 1 is 1.20 bits per heavy atom. The van der Waals surface area contributed by atoms with Crippen molar-refractivity contribution in [2.75, 3.05) is 6.54 Å². The first-order chi connectivity index (χ1) is 7.38. The molecule has 0 amide bonds. The SMILES string of the molecule is OC(C1=CCCCCCC1)C1CCCN1. The number of rotatable bonds is 2. The van der Waals surface area contributed by atoms with Crippen LogP contribution in [0.5, 0.6) is 0 Å². The van der Waals surface area contributed by atoms with Crippen LogP contribution in [-0.2, 0) is 0 Å². The van der Waals surface area contributed by atoms with Gasteiger partial charge in [0.25, 0.3) is 0 Å². The Morgan fingerprint density at radius 2 is 2.07 bits per heavy atom. The normalized spacial score (nSPS) is 30.5. The first-order valence-corrected chi connectivity index (χ1v) is 6.48. The molecule has 0 aromatic carbocycles. The molecule has 2 unspecified atom stereocenters. The van der Waals surface area contributed by atoms with Gasteiger partial charge in [0.2, 0.25) is 0 Å². The van der Waals surface area contributed by atoms with Gasteiger partial charge in [-0.1, -0.05) is 18.9 Å². The summed E-state index contributed by atoms with van der Waals surface area (Å²) in [6.45, 7) is 1.08. The summed E-state index contributed by atoms with van der Waals surface area (Å²) in [6, 6.07) is 0.329. The van der Waals surface area contributed by atoms with Crippen LogP contribution in [0.2, 0.25) is 0 Å². The molecule has 1 aliphatic heterocycles. The molecule has 0 saturated carbocycles. The van der Waals surface area contributed by atoms with E-state index in [1.165, 1.54) is 44.1 Å². The minimum absolute atomic E-state index is 0.217. The highest BCUT2D eigenvalue weighted by molar-refractivity contribution is 5.12. The van der Waals surface area contributed by atoms with E-state index >= 15 is 0 Å². The quantitative estimate of drug-likeness (QED) is 0.684. The molecule has 0 radical (unpaired) electrons. The van der Waals surface area contributed by atoms with Crippen LogP contribution in [-0.4, -0.2) is 23.8 Å². The lowest BCUT2D eigenvalue weighted by molar-refractivity contribution is 0.164. The van der Waals surface area contributed by atoms with E-state index in [9.17, 15) is 5.11 Å². The number of aliphatic hydroxyl groups excluding tert-OH is 1. The van der Waals surface area contributed by atoms with Crippen LogP contribution in [0, 0.1) is 0 Å². The molecule has 0 aromatic heterocycles. The predicted octanol–water partition coefficient (Wildman–Crippen LogP) is 2.38. The minimum atomic E-state index is -0.217. The van der Waals surface area contributed by atoms with Crippen molar-refractivity contribution in [1.82, 2.24) is 5.32 Å². The van der Waals surface area contributed by atoms with E-state index in [0.717, 1.165) is 19.4 Å². The molecule has 1 fully saturated rings. The fourth-order valence-corrected chi connectivity index (χ4v) is 2.72. The number of nitrogens with one attached hydrogen (secondary N) is 1. The average Bonchev–Trinajstić information content (AvgIpc) is 2.68. The van der Waals surface area contributed by atoms with Crippen molar-refractivity contribution in [3.05, 3.63) is 11.6 Å². The summed E-state index contributed by atoms with van der Waals surface area (Å²) in [6.07, 6.45) is 12.0. The maximum absolute atomic E-state index is 10.3. The fraction of sp³-hybridized carbons (Fsp3) is 0.846. The second-order valence-electron chi connectivity index (χ2n) is 4.88. The maximum atomic E-state index is 10.3. The summed E-state index contributed by atoms with van der Waals surface area (Å²) >= 11 is 0. The molecule has 0 spiro atoms. The molecule has 2 atom stereocenters. The van der Waals surface area contributed by atoms with Crippen molar-refractivity contribution in [3.63, 3.8) is 0 Å². The molecule has 0 bridgehead atoms. The van der Waals surface area contributed by atoms with Gasteiger partial charge in [-0.2, -0.15) is 0 Å². The molecule has 2 aliphatic rings. The summed E-state index contributed by atoms with van der Waals surface area (Å²) in [5, 5.41) is 13.7. The van der Waals surface area contributed by atoms with Gasteiger partial charge >= 0.3 is 0 Å². The standard InChI is InChI=1S/C13H23NO/c15-13(12-9-6-10-14-12)11-7-4-2-1-3-5-8-11/h7,12-15H,1-6,8-10H2. The molecule has 2 N–H and O–H groups in total. The van der Waals surface area contributed by atoms with Crippen LogP contribution in [0.15, 0.2) is 11.6 Å². The summed E-state index contributed by atoms with van der Waals surface area (Å²) in [7, 11) is 0. The topological polar surface area (TPSA) is 32.3 Å². The Bertz CT molecular complexity index is 219. The second kappa shape index (κ2) is 5.66. The van der Waals surface area contributed by atoms with Crippen molar-refractivity contribution in [3.8, 4) is 0 Å². The van der Waals surface area contributed by atoms with Crippen LogP contribution in [0.1, 0.15) is 51.4 Å². The summed E-state index contributed by atoms with van der Waals surface area (Å²) in [5.41, 5.74) is 1.30. The van der Waals surface area contributed by atoms with Crippen LogP contribution in [0.3, 0.4) is 0 Å². The molecule has 1 heterocycles. The van der Waals surface area contributed by atoms with Crippen molar-refractivity contribution in [2.45, 2.75) is 63.5 Å². The minimum Gasteiger partial charge on any atom is -0.387 e. The van der Waals surface area contributed by atoms with E-state index in [4.69, 9.17) is 0 Å². The molecular formula is C13H23NO. The lowest BCUT2D eigenvalue weighted by Crippen LogP contribution is -2.36. The largest absolute Gasteiger partial charge is 0.387 e. The van der Waals surface area contributed by atoms with Gasteiger partial charge in [-0.25, -0.2) is 0 Å². The smallest absolute Gasteiger partial charge is 0.0903 e. The van der Waals surface area contributed by atoms with Crippen LogP contribution in [0.4, 0.5) is 0 Å². The summed E-state index contributed by atoms with van der Waals surface area (Å²) in [5.74, 6) is 0. The van der Waals surface area contributed by atoms with E-state index in [2.05, 4.69) is 11.4 Å². The third-order valence-corrected chi connectivity index (χ3v) is 3.69. The summed E-state index contributed by atoms with van der Waals surface area (Å²) < 4.78 is 0. The van der Waals surface area contributed by atoms with Gasteiger partial charge < -0.3 is 10.4 Å². The first kappa shape index (κ1) is 11.2. The number of hydrogen-bond acceptors (Lipinski definition) is 2. The molecule has 2 heteroatoms. The highest BCUT2D eigenvalue weighted by Gasteiger charge is 2.25. The predicted molar refractivity (Wildman–Crippen MR) is 62.8 cm³/mol. The molecule has 1 saturated heterocycles. The zero-order valence-corrected chi connectivity index (χ0v) is 9.54. The van der Waals surface area contributed by atoms with Gasteiger partial charge in [0.15, 0.2) is 0 Å². The first-order valence-electron chi connectivity index (χ1n) is 6.48. The van der Waals surface area contributed by atoms with Gasteiger partial charge in [0.05, 0.1) is 6.10 Å². The average molecular weight is 209 g/mol. The van der Waals surface area contributed by atoms with E-state index < -0.39 is 0 Å². The monoisotopic (exact) mass is 209 g/mol. The lowest BCUT2D eigenvalue weighted by atomic mass is 9.92. The molecule has 0 aromatic rings. The fourth-order valence-electron chi connectivity index (χ4n) is 2.72. The van der Waals surface area contributed by atoms with Crippen LogP contribution < -0.4 is 5.32 Å². The number of allylic oxidation sites excluding steroid dienone is 1. The lowest BCUT2D eigenvalue weighted by Gasteiger charge is -2.22. The molecular weight excluding hydrogens is 186 g/mol. The number of aliphatic hydroxyl groups is 1. The van der Waals surface area contributed by atoms with Crippen molar-refractivity contribution in [2.24, 2.45) is 0 Å². The Hall–Kier alpha value is -0.340. The Morgan fingerprint density at radius 3 is 2.87 bits per heavy atom. The molecule has 2 nitrogen and oxygen atoms in total. The van der Waals surface area contributed by atoms with Gasteiger partial charge in [0, 0.05) is 6.04 Å². The van der Waals surface area contributed by atoms with Crippen molar-refractivity contribution >= 4 is 0 Å². The zero-order valence-electron chi connectivity index (χ0n) is 9.54.